The summed E-state index contributed by atoms with van der Waals surface area (Å²) in [6.07, 6.45) is 4.74. The molecule has 1 saturated heterocycles. The Labute approximate surface area is 79.5 Å². The van der Waals surface area contributed by atoms with Gasteiger partial charge >= 0.3 is 0 Å². The average Bonchev–Trinajstić information content (AvgIpc) is 2.47. The molecule has 0 unspecified atom stereocenters. The van der Waals surface area contributed by atoms with Crippen LogP contribution in [0, 0.1) is 22.7 Å². The minimum Gasteiger partial charge on any atom is -0.258 e. The van der Waals surface area contributed by atoms with Crippen molar-refractivity contribution in [1.82, 2.24) is 10.9 Å². The first-order chi connectivity index (χ1) is 6.41. The lowest BCUT2D eigenvalue weighted by Crippen LogP contribution is -2.30. The van der Waals surface area contributed by atoms with Gasteiger partial charge in [0.15, 0.2) is 0 Å². The highest BCUT2D eigenvalue weighted by Gasteiger charge is 1.92. The average molecular weight is 180 g/mol. The van der Waals surface area contributed by atoms with Crippen LogP contribution in [0.15, 0.2) is 0 Å². The van der Waals surface area contributed by atoms with E-state index in [2.05, 4.69) is 10.9 Å². The molecule has 72 valence electrons. The van der Waals surface area contributed by atoms with Crippen molar-refractivity contribution in [2.45, 2.75) is 32.1 Å². The number of hydrogen-bond acceptors (Lipinski definition) is 4. The van der Waals surface area contributed by atoms with Gasteiger partial charge in [-0.25, -0.2) is 0 Å². The predicted molar refractivity (Wildman–Crippen MR) is 50.3 cm³/mol. The van der Waals surface area contributed by atoms with E-state index in [4.69, 9.17) is 10.5 Å². The zero-order valence-corrected chi connectivity index (χ0v) is 7.84. The predicted octanol–water partition coefficient (Wildman–Crippen LogP) is 1.08. The Morgan fingerprint density at radius 1 is 0.846 bits per heavy atom. The Morgan fingerprint density at radius 2 is 1.31 bits per heavy atom. The lowest BCUT2D eigenvalue weighted by Gasteiger charge is -1.95. The molecule has 4 nitrogen and oxygen atoms in total. The maximum absolute atomic E-state index is 7.80. The van der Waals surface area contributed by atoms with Crippen molar-refractivity contribution in [2.75, 3.05) is 13.1 Å². The zero-order chi connectivity index (χ0) is 9.78. The van der Waals surface area contributed by atoms with Crippen LogP contribution in [0.4, 0.5) is 0 Å². The standard InChI is InChI=1S/C5H12N2.C4H4N2/c1-2-4-6-7-5-3-1;5-3-1-2-4-6/h6-7H,1-5H2;1-2H2. The topological polar surface area (TPSA) is 71.6 Å². The summed E-state index contributed by atoms with van der Waals surface area (Å²) in [5, 5.41) is 15.6. The fourth-order valence-corrected chi connectivity index (χ4v) is 0.892. The molecule has 13 heavy (non-hydrogen) atoms. The van der Waals surface area contributed by atoms with Crippen molar-refractivity contribution < 1.29 is 0 Å². The summed E-state index contributed by atoms with van der Waals surface area (Å²) in [5.41, 5.74) is 6.19. The molecular formula is C9H16N4. The molecule has 4 heteroatoms. The highest BCUT2D eigenvalue weighted by Crippen LogP contribution is 1.93. The van der Waals surface area contributed by atoms with Crippen molar-refractivity contribution in [3.63, 3.8) is 0 Å². The first kappa shape index (κ1) is 11.9. The third kappa shape index (κ3) is 10.9. The van der Waals surface area contributed by atoms with Gasteiger partial charge in [-0.2, -0.15) is 10.5 Å². The molecule has 0 aromatic rings. The fourth-order valence-electron chi connectivity index (χ4n) is 0.892. The number of unbranched alkanes of at least 4 members (excludes halogenated alkanes) is 1. The lowest BCUT2D eigenvalue weighted by molar-refractivity contribution is 0.573. The number of nitrogens with one attached hydrogen (secondary N) is 2. The summed E-state index contributed by atoms with van der Waals surface area (Å²) in [6.45, 7) is 2.28. The van der Waals surface area contributed by atoms with Gasteiger partial charge in [0.25, 0.3) is 0 Å². The number of hydrazine groups is 1. The van der Waals surface area contributed by atoms with Crippen LogP contribution in [0.1, 0.15) is 32.1 Å². The van der Waals surface area contributed by atoms with Crippen LogP contribution in [-0.4, -0.2) is 13.1 Å². The number of nitriles is 2. The number of hydrogen-bond donors (Lipinski definition) is 2. The molecule has 1 heterocycles. The quantitative estimate of drug-likeness (QED) is 0.592. The van der Waals surface area contributed by atoms with E-state index in [-0.39, 0.29) is 0 Å². The van der Waals surface area contributed by atoms with Crippen LogP contribution in [0.5, 0.6) is 0 Å². The van der Waals surface area contributed by atoms with Gasteiger partial charge in [0, 0.05) is 25.9 Å². The van der Waals surface area contributed by atoms with E-state index < -0.39 is 0 Å². The van der Waals surface area contributed by atoms with Crippen LogP contribution in [0.2, 0.25) is 0 Å². The van der Waals surface area contributed by atoms with Gasteiger partial charge in [-0.3, -0.25) is 10.9 Å². The second-order valence-corrected chi connectivity index (χ2v) is 2.73. The Kier molecular flexibility index (Phi) is 9.98. The van der Waals surface area contributed by atoms with Crippen LogP contribution < -0.4 is 10.9 Å². The van der Waals surface area contributed by atoms with Gasteiger partial charge < -0.3 is 0 Å². The summed E-state index contributed by atoms with van der Waals surface area (Å²) in [7, 11) is 0. The molecule has 0 atom stereocenters. The second-order valence-electron chi connectivity index (χ2n) is 2.73. The van der Waals surface area contributed by atoms with Crippen molar-refractivity contribution in [3.8, 4) is 12.1 Å². The van der Waals surface area contributed by atoms with E-state index in [0.29, 0.717) is 12.8 Å². The summed E-state index contributed by atoms with van der Waals surface area (Å²) in [5.74, 6) is 0. The van der Waals surface area contributed by atoms with Crippen LogP contribution in [0.25, 0.3) is 0 Å². The molecular weight excluding hydrogens is 164 g/mol. The van der Waals surface area contributed by atoms with Crippen LogP contribution >= 0.6 is 0 Å². The molecule has 0 radical (unpaired) electrons. The third-order valence-electron chi connectivity index (χ3n) is 1.58. The molecule has 0 amide bonds. The number of rotatable bonds is 1. The highest BCUT2D eigenvalue weighted by atomic mass is 15.3. The first-order valence-electron chi connectivity index (χ1n) is 4.61. The maximum Gasteiger partial charge on any atom is 0.0632 e. The molecule has 0 aliphatic carbocycles. The Hall–Kier alpha value is -1.10. The minimum absolute atomic E-state index is 0.358. The van der Waals surface area contributed by atoms with E-state index in [1.165, 1.54) is 19.3 Å². The largest absolute Gasteiger partial charge is 0.258 e. The Bertz CT molecular complexity index is 143. The monoisotopic (exact) mass is 180 g/mol. The van der Waals surface area contributed by atoms with Crippen molar-refractivity contribution >= 4 is 0 Å². The van der Waals surface area contributed by atoms with Gasteiger partial charge in [-0.1, -0.05) is 6.42 Å². The van der Waals surface area contributed by atoms with Gasteiger partial charge in [-0.15, -0.1) is 0 Å². The van der Waals surface area contributed by atoms with E-state index in [1.54, 1.807) is 0 Å². The van der Waals surface area contributed by atoms with Gasteiger partial charge in [0.05, 0.1) is 12.1 Å². The summed E-state index contributed by atoms with van der Waals surface area (Å²) < 4.78 is 0. The van der Waals surface area contributed by atoms with Crippen molar-refractivity contribution in [1.29, 1.82) is 10.5 Å². The van der Waals surface area contributed by atoms with Gasteiger partial charge in [0.2, 0.25) is 0 Å². The highest BCUT2D eigenvalue weighted by molar-refractivity contribution is 4.78. The SMILES string of the molecule is C1CCNNCC1.N#CCCC#N. The van der Waals surface area contributed by atoms with E-state index in [1.807, 2.05) is 12.1 Å². The number of nitrogens with zero attached hydrogens (tertiary/aromatic N) is 2. The summed E-state index contributed by atoms with van der Waals surface area (Å²) in [4.78, 5) is 0. The van der Waals surface area contributed by atoms with E-state index in [0.717, 1.165) is 13.1 Å². The van der Waals surface area contributed by atoms with Gasteiger partial charge in [-0.05, 0) is 12.8 Å². The Balaban J connectivity index is 0.000000226. The molecule has 1 rings (SSSR count). The molecule has 0 spiro atoms. The normalized spacial score (nSPS) is 15.5. The lowest BCUT2D eigenvalue weighted by atomic mass is 10.2. The molecule has 0 bridgehead atoms. The smallest absolute Gasteiger partial charge is 0.0632 e. The summed E-state index contributed by atoms with van der Waals surface area (Å²) >= 11 is 0. The third-order valence-corrected chi connectivity index (χ3v) is 1.58. The summed E-state index contributed by atoms with van der Waals surface area (Å²) in [6, 6.07) is 3.69. The van der Waals surface area contributed by atoms with E-state index >= 15 is 0 Å². The minimum atomic E-state index is 0.358. The van der Waals surface area contributed by atoms with Gasteiger partial charge in [0.1, 0.15) is 0 Å². The van der Waals surface area contributed by atoms with Crippen LogP contribution in [0.3, 0.4) is 0 Å². The van der Waals surface area contributed by atoms with Crippen LogP contribution in [-0.2, 0) is 0 Å². The zero-order valence-electron chi connectivity index (χ0n) is 7.84. The molecule has 1 aliphatic rings. The maximum atomic E-state index is 7.80. The molecule has 1 fully saturated rings. The Morgan fingerprint density at radius 3 is 1.69 bits per heavy atom. The fraction of sp³-hybridized carbons (Fsp3) is 0.778. The molecule has 0 aromatic carbocycles. The molecule has 0 saturated carbocycles. The molecule has 2 N–H and O–H groups in total. The van der Waals surface area contributed by atoms with Crippen molar-refractivity contribution in [2.24, 2.45) is 0 Å². The van der Waals surface area contributed by atoms with Crippen molar-refractivity contribution in [3.05, 3.63) is 0 Å². The molecule has 0 aromatic heterocycles. The molecule has 1 aliphatic heterocycles. The van der Waals surface area contributed by atoms with E-state index in [9.17, 15) is 0 Å². The second kappa shape index (κ2) is 10.9. The first-order valence-corrected chi connectivity index (χ1v) is 4.61.